The highest BCUT2D eigenvalue weighted by Gasteiger charge is 2.26. The second-order valence-electron chi connectivity index (χ2n) is 7.12. The summed E-state index contributed by atoms with van der Waals surface area (Å²) in [5, 5.41) is 23.3. The first-order valence-corrected chi connectivity index (χ1v) is 9.93. The molecule has 2 aromatic heterocycles. The molecule has 2 N–H and O–H groups in total. The molecular formula is C19H25BrN4O3. The predicted molar refractivity (Wildman–Crippen MR) is 107 cm³/mol. The van der Waals surface area contributed by atoms with E-state index in [0.717, 1.165) is 41.4 Å². The van der Waals surface area contributed by atoms with Gasteiger partial charge in [0.05, 0.1) is 23.4 Å². The van der Waals surface area contributed by atoms with Crippen molar-refractivity contribution in [1.82, 2.24) is 9.88 Å². The number of ether oxygens (including phenoxy) is 1. The van der Waals surface area contributed by atoms with Crippen molar-refractivity contribution in [2.75, 3.05) is 32.6 Å². The minimum absolute atomic E-state index is 0.281. The van der Waals surface area contributed by atoms with Crippen molar-refractivity contribution in [3.63, 3.8) is 0 Å². The second kappa shape index (κ2) is 9.02. The first-order valence-electron chi connectivity index (χ1n) is 9.13. The number of rotatable bonds is 7. The van der Waals surface area contributed by atoms with Gasteiger partial charge in [-0.25, -0.2) is 4.98 Å². The maximum Gasteiger partial charge on any atom is 0.204 e. The third-order valence-corrected chi connectivity index (χ3v) is 5.95. The van der Waals surface area contributed by atoms with E-state index in [4.69, 9.17) is 14.4 Å². The number of furan rings is 1. The van der Waals surface area contributed by atoms with Crippen LogP contribution in [0.5, 0.6) is 0 Å². The number of halogens is 1. The molecule has 1 atom stereocenters. The molecule has 3 rings (SSSR count). The van der Waals surface area contributed by atoms with E-state index >= 15 is 0 Å². The Morgan fingerprint density at radius 1 is 1.48 bits per heavy atom. The van der Waals surface area contributed by atoms with Gasteiger partial charge in [0.2, 0.25) is 5.76 Å². The zero-order chi connectivity index (χ0) is 19.4. The van der Waals surface area contributed by atoms with Gasteiger partial charge in [-0.15, -0.1) is 0 Å². The van der Waals surface area contributed by atoms with E-state index in [9.17, 15) is 5.11 Å². The van der Waals surface area contributed by atoms with E-state index in [-0.39, 0.29) is 5.76 Å². The van der Waals surface area contributed by atoms with Gasteiger partial charge in [-0.2, -0.15) is 5.26 Å². The van der Waals surface area contributed by atoms with Crippen LogP contribution >= 0.6 is 15.9 Å². The largest absolute Gasteiger partial charge is 0.444 e. The quantitative estimate of drug-likeness (QED) is 0.687. The number of methoxy groups -OCH3 is 1. The predicted octanol–water partition coefficient (Wildman–Crippen LogP) is 3.12. The van der Waals surface area contributed by atoms with E-state index in [0.29, 0.717) is 30.8 Å². The summed E-state index contributed by atoms with van der Waals surface area (Å²) in [6, 6.07) is 4.56. The number of anilines is 1. The summed E-state index contributed by atoms with van der Waals surface area (Å²) in [6.07, 6.45) is 5.42. The summed E-state index contributed by atoms with van der Waals surface area (Å²) >= 11 is 3.59. The number of aliphatic hydroxyl groups excluding tert-OH is 1. The zero-order valence-corrected chi connectivity index (χ0v) is 17.2. The number of hydrogen-bond acceptors (Lipinski definition) is 7. The van der Waals surface area contributed by atoms with Crippen LogP contribution in [0.4, 0.5) is 5.82 Å². The molecule has 0 aliphatic heterocycles. The molecule has 146 valence electrons. The molecule has 27 heavy (non-hydrogen) atoms. The Hall–Kier alpha value is -1.66. The van der Waals surface area contributed by atoms with Crippen molar-refractivity contribution >= 4 is 32.7 Å². The number of nitriles is 1. The Morgan fingerprint density at radius 3 is 2.89 bits per heavy atom. The van der Waals surface area contributed by atoms with Gasteiger partial charge in [-0.05, 0) is 48.7 Å². The highest BCUT2D eigenvalue weighted by Crippen LogP contribution is 2.33. The minimum Gasteiger partial charge on any atom is -0.444 e. The number of hydrogen-bond donors (Lipinski definition) is 2. The third kappa shape index (κ3) is 4.79. The average Bonchev–Trinajstić information content (AvgIpc) is 3.09. The summed E-state index contributed by atoms with van der Waals surface area (Å²) in [7, 11) is 3.67. The molecule has 1 aliphatic carbocycles. The van der Waals surface area contributed by atoms with Crippen LogP contribution in [0, 0.1) is 11.3 Å². The van der Waals surface area contributed by atoms with Crippen LogP contribution in [0.3, 0.4) is 0 Å². The average molecular weight is 437 g/mol. The summed E-state index contributed by atoms with van der Waals surface area (Å²) in [5.41, 5.74) is 0.601. The fourth-order valence-electron chi connectivity index (χ4n) is 3.72. The summed E-state index contributed by atoms with van der Waals surface area (Å²) in [5.74, 6) is 1.06. The normalized spacial score (nSPS) is 21.3. The molecule has 1 saturated carbocycles. The van der Waals surface area contributed by atoms with Crippen LogP contribution in [0.2, 0.25) is 0 Å². The molecule has 1 aliphatic rings. The van der Waals surface area contributed by atoms with Crippen molar-refractivity contribution in [2.45, 2.75) is 43.9 Å². The van der Waals surface area contributed by atoms with Gasteiger partial charge < -0.3 is 24.5 Å². The van der Waals surface area contributed by atoms with Crippen molar-refractivity contribution in [2.24, 2.45) is 0 Å². The van der Waals surface area contributed by atoms with E-state index in [1.54, 1.807) is 19.4 Å². The van der Waals surface area contributed by atoms with Gasteiger partial charge in [-0.3, -0.25) is 0 Å². The Balaban J connectivity index is 1.57. The Bertz CT molecular complexity index is 811. The smallest absolute Gasteiger partial charge is 0.204 e. The molecule has 2 heterocycles. The van der Waals surface area contributed by atoms with E-state index < -0.39 is 6.10 Å². The molecule has 0 bridgehead atoms. The second-order valence-corrected chi connectivity index (χ2v) is 7.91. The number of nitrogens with one attached hydrogen (secondary N) is 1. The van der Waals surface area contributed by atoms with Crippen LogP contribution in [0.1, 0.15) is 31.4 Å². The van der Waals surface area contributed by atoms with Crippen LogP contribution < -0.4 is 5.32 Å². The SMILES string of the molecule is COC[C@H](O)CN(C)C1CCC(Nc2ncc3oc(C#N)cc3c2Br)CC1. The van der Waals surface area contributed by atoms with Gasteiger partial charge >= 0.3 is 0 Å². The molecule has 0 saturated heterocycles. The van der Waals surface area contributed by atoms with Gasteiger partial charge in [-0.1, -0.05) is 0 Å². The summed E-state index contributed by atoms with van der Waals surface area (Å²) in [4.78, 5) is 6.67. The molecule has 0 radical (unpaired) electrons. The van der Waals surface area contributed by atoms with Crippen molar-refractivity contribution in [3.8, 4) is 6.07 Å². The standard InChI is InChI=1S/C19H25BrN4O3/c1-24(10-14(25)11-26-2)13-5-3-12(4-6-13)23-19-18(20)16-7-15(8-21)27-17(16)9-22-19/h7,9,12-14,25H,3-6,10-11H2,1-2H3,(H,22,23)/t12?,13?,14-/m1/s1. The molecular weight excluding hydrogens is 412 g/mol. The minimum atomic E-state index is -0.448. The van der Waals surface area contributed by atoms with E-state index in [1.807, 2.05) is 6.07 Å². The fourth-order valence-corrected chi connectivity index (χ4v) is 4.24. The molecule has 0 unspecified atom stereocenters. The van der Waals surface area contributed by atoms with Crippen LogP contribution in [0.25, 0.3) is 11.0 Å². The highest BCUT2D eigenvalue weighted by molar-refractivity contribution is 9.10. The third-order valence-electron chi connectivity index (χ3n) is 5.14. The molecule has 0 spiro atoms. The van der Waals surface area contributed by atoms with Gasteiger partial charge in [0.15, 0.2) is 5.58 Å². The highest BCUT2D eigenvalue weighted by atomic mass is 79.9. The summed E-state index contributed by atoms with van der Waals surface area (Å²) in [6.45, 7) is 0.993. The van der Waals surface area contributed by atoms with Crippen molar-refractivity contribution in [3.05, 3.63) is 22.5 Å². The molecule has 0 amide bonds. The molecule has 8 heteroatoms. The number of aliphatic hydroxyl groups is 1. The van der Waals surface area contributed by atoms with Crippen LogP contribution in [0.15, 0.2) is 21.2 Å². The van der Waals surface area contributed by atoms with Crippen LogP contribution in [-0.2, 0) is 4.74 Å². The molecule has 2 aromatic rings. The van der Waals surface area contributed by atoms with Crippen molar-refractivity contribution < 1.29 is 14.3 Å². The number of aromatic nitrogens is 1. The topological polar surface area (TPSA) is 94.6 Å². The van der Waals surface area contributed by atoms with Gasteiger partial charge in [0.1, 0.15) is 11.9 Å². The number of fused-ring (bicyclic) bond motifs is 1. The molecule has 7 nitrogen and oxygen atoms in total. The molecule has 0 aromatic carbocycles. The lowest BCUT2D eigenvalue weighted by atomic mass is 9.90. The van der Waals surface area contributed by atoms with Crippen molar-refractivity contribution in [1.29, 1.82) is 5.26 Å². The number of pyridine rings is 1. The first-order chi connectivity index (χ1) is 13.0. The Labute approximate surface area is 167 Å². The Kier molecular flexibility index (Phi) is 6.71. The monoisotopic (exact) mass is 436 g/mol. The summed E-state index contributed by atoms with van der Waals surface area (Å²) < 4.78 is 11.2. The van der Waals surface area contributed by atoms with E-state index in [2.05, 4.69) is 38.2 Å². The first kappa shape index (κ1) is 20.1. The lowest BCUT2D eigenvalue weighted by Crippen LogP contribution is -2.42. The lowest BCUT2D eigenvalue weighted by Gasteiger charge is -2.36. The number of likely N-dealkylation sites (N-methyl/N-ethyl adjacent to an activating group) is 1. The Morgan fingerprint density at radius 2 is 2.22 bits per heavy atom. The maximum atomic E-state index is 9.91. The zero-order valence-electron chi connectivity index (χ0n) is 15.6. The molecule has 1 fully saturated rings. The van der Waals surface area contributed by atoms with E-state index in [1.165, 1.54) is 0 Å². The fraction of sp³-hybridized carbons (Fsp3) is 0.579. The lowest BCUT2D eigenvalue weighted by molar-refractivity contribution is 0.0295. The van der Waals surface area contributed by atoms with Crippen LogP contribution in [-0.4, -0.2) is 60.5 Å². The van der Waals surface area contributed by atoms with Gasteiger partial charge in [0.25, 0.3) is 0 Å². The maximum absolute atomic E-state index is 9.91. The van der Waals surface area contributed by atoms with Gasteiger partial charge in [0, 0.05) is 37.2 Å². The number of nitrogens with zero attached hydrogens (tertiary/aromatic N) is 3.